The van der Waals surface area contributed by atoms with Crippen LogP contribution < -0.4 is 0 Å². The van der Waals surface area contributed by atoms with Gasteiger partial charge >= 0.3 is 5.97 Å². The molecule has 2 aromatic rings. The first-order valence-electron chi connectivity index (χ1n) is 5.05. The summed E-state index contributed by atoms with van der Waals surface area (Å²) < 4.78 is 14.8. The summed E-state index contributed by atoms with van der Waals surface area (Å²) in [5, 5.41) is 12.8. The Morgan fingerprint density at radius 2 is 2.12 bits per heavy atom. The second-order valence-corrected chi connectivity index (χ2v) is 3.79. The lowest BCUT2D eigenvalue weighted by Gasteiger charge is -2.05. The minimum absolute atomic E-state index is 0.0198. The van der Waals surface area contributed by atoms with E-state index in [1.165, 1.54) is 10.7 Å². The van der Waals surface area contributed by atoms with Crippen LogP contribution >= 0.6 is 0 Å². The molecule has 0 amide bonds. The number of hydrogen-bond acceptors (Lipinski definition) is 2. The number of hydrogen-bond donors (Lipinski definition) is 1. The molecule has 0 radical (unpaired) electrons. The second kappa shape index (κ2) is 4.01. The molecule has 0 aliphatic heterocycles. The monoisotopic (exact) mass is 234 g/mol. The molecular formula is C12H11FN2O2. The van der Waals surface area contributed by atoms with Gasteiger partial charge in [-0.15, -0.1) is 0 Å². The highest BCUT2D eigenvalue weighted by molar-refractivity contribution is 5.86. The van der Waals surface area contributed by atoms with Gasteiger partial charge in [0.15, 0.2) is 5.69 Å². The topological polar surface area (TPSA) is 55.1 Å². The summed E-state index contributed by atoms with van der Waals surface area (Å²) in [6.45, 7) is 3.28. The molecule has 4 nitrogen and oxygen atoms in total. The van der Waals surface area contributed by atoms with Crippen molar-refractivity contribution in [3.63, 3.8) is 0 Å². The molecule has 2 rings (SSSR count). The van der Waals surface area contributed by atoms with Crippen LogP contribution in [0.3, 0.4) is 0 Å². The molecule has 88 valence electrons. The molecule has 0 atom stereocenters. The summed E-state index contributed by atoms with van der Waals surface area (Å²) in [7, 11) is 0. The zero-order valence-electron chi connectivity index (χ0n) is 9.44. The molecule has 1 heterocycles. The lowest BCUT2D eigenvalue weighted by molar-refractivity contribution is 0.0689. The van der Waals surface area contributed by atoms with Crippen LogP contribution in [0.2, 0.25) is 0 Å². The fourth-order valence-corrected chi connectivity index (χ4v) is 1.64. The molecule has 0 saturated carbocycles. The van der Waals surface area contributed by atoms with Crippen LogP contribution in [0.4, 0.5) is 4.39 Å². The fraction of sp³-hybridized carbons (Fsp3) is 0.167. The SMILES string of the molecule is Cc1cn(-c2cccc(F)c2C)nc1C(=O)O. The zero-order valence-corrected chi connectivity index (χ0v) is 9.44. The van der Waals surface area contributed by atoms with Crippen LogP contribution in [0.5, 0.6) is 0 Å². The Morgan fingerprint density at radius 1 is 1.41 bits per heavy atom. The van der Waals surface area contributed by atoms with E-state index in [9.17, 15) is 9.18 Å². The van der Waals surface area contributed by atoms with Gasteiger partial charge in [-0.1, -0.05) is 6.07 Å². The minimum atomic E-state index is -1.09. The number of carbonyl (C=O) groups is 1. The highest BCUT2D eigenvalue weighted by Gasteiger charge is 2.14. The molecule has 0 saturated heterocycles. The van der Waals surface area contributed by atoms with Gasteiger partial charge in [0, 0.05) is 17.3 Å². The molecular weight excluding hydrogens is 223 g/mol. The van der Waals surface area contributed by atoms with E-state index in [-0.39, 0.29) is 11.5 Å². The predicted octanol–water partition coefficient (Wildman–Crippen LogP) is 2.33. The summed E-state index contributed by atoms with van der Waals surface area (Å²) in [6, 6.07) is 4.61. The number of aromatic nitrogens is 2. The van der Waals surface area contributed by atoms with Crippen LogP contribution in [0.1, 0.15) is 21.6 Å². The maximum absolute atomic E-state index is 13.4. The van der Waals surface area contributed by atoms with Crippen LogP contribution in [0.15, 0.2) is 24.4 Å². The lowest BCUT2D eigenvalue weighted by atomic mass is 10.2. The van der Waals surface area contributed by atoms with Crippen molar-refractivity contribution in [3.05, 3.63) is 47.0 Å². The number of carboxylic acid groups (broad SMARTS) is 1. The van der Waals surface area contributed by atoms with Crippen molar-refractivity contribution in [1.82, 2.24) is 9.78 Å². The number of benzene rings is 1. The van der Waals surface area contributed by atoms with Gasteiger partial charge < -0.3 is 5.11 Å². The Labute approximate surface area is 97.3 Å². The molecule has 0 aliphatic carbocycles. The van der Waals surface area contributed by atoms with Gasteiger partial charge in [0.05, 0.1) is 5.69 Å². The van der Waals surface area contributed by atoms with E-state index in [1.54, 1.807) is 32.2 Å². The molecule has 1 N–H and O–H groups in total. The van der Waals surface area contributed by atoms with Crippen LogP contribution in [0, 0.1) is 19.7 Å². The van der Waals surface area contributed by atoms with E-state index < -0.39 is 5.97 Å². The van der Waals surface area contributed by atoms with Crippen LogP contribution in [-0.2, 0) is 0 Å². The Kier molecular flexibility index (Phi) is 2.67. The number of halogens is 1. The van der Waals surface area contributed by atoms with Gasteiger partial charge in [-0.25, -0.2) is 13.9 Å². The third kappa shape index (κ3) is 1.91. The molecule has 0 bridgehead atoms. The van der Waals surface area contributed by atoms with Gasteiger partial charge in [0.1, 0.15) is 5.82 Å². The first-order chi connectivity index (χ1) is 8.00. The summed E-state index contributed by atoms with van der Waals surface area (Å²) in [5.74, 6) is -1.43. The molecule has 1 aromatic carbocycles. The van der Waals surface area contributed by atoms with Crippen molar-refractivity contribution in [2.75, 3.05) is 0 Å². The molecule has 1 aromatic heterocycles. The van der Waals surface area contributed by atoms with E-state index in [1.807, 2.05) is 0 Å². The average molecular weight is 234 g/mol. The number of aromatic carboxylic acids is 1. The molecule has 5 heteroatoms. The van der Waals surface area contributed by atoms with E-state index in [4.69, 9.17) is 5.11 Å². The van der Waals surface area contributed by atoms with Gasteiger partial charge in [0.25, 0.3) is 0 Å². The van der Waals surface area contributed by atoms with E-state index in [0.717, 1.165) is 0 Å². The quantitative estimate of drug-likeness (QED) is 0.867. The summed E-state index contributed by atoms with van der Waals surface area (Å²) in [5.41, 5.74) is 1.50. The van der Waals surface area contributed by atoms with Crippen molar-refractivity contribution >= 4 is 5.97 Å². The largest absolute Gasteiger partial charge is 0.476 e. The highest BCUT2D eigenvalue weighted by atomic mass is 19.1. The number of aryl methyl sites for hydroxylation is 1. The summed E-state index contributed by atoms with van der Waals surface area (Å²) in [6.07, 6.45) is 1.57. The molecule has 0 fully saturated rings. The fourth-order valence-electron chi connectivity index (χ4n) is 1.64. The predicted molar refractivity (Wildman–Crippen MR) is 60.0 cm³/mol. The number of carboxylic acids is 1. The minimum Gasteiger partial charge on any atom is -0.476 e. The van der Waals surface area contributed by atoms with Crippen molar-refractivity contribution in [2.45, 2.75) is 13.8 Å². The van der Waals surface area contributed by atoms with Gasteiger partial charge in [-0.05, 0) is 26.0 Å². The van der Waals surface area contributed by atoms with Gasteiger partial charge in [-0.3, -0.25) is 0 Å². The Hall–Kier alpha value is -2.17. The van der Waals surface area contributed by atoms with Crippen LogP contribution in [0.25, 0.3) is 5.69 Å². The molecule has 0 aliphatic rings. The first kappa shape index (κ1) is 11.3. The Morgan fingerprint density at radius 3 is 2.71 bits per heavy atom. The number of rotatable bonds is 2. The average Bonchev–Trinajstić information content (AvgIpc) is 2.64. The molecule has 17 heavy (non-hydrogen) atoms. The first-order valence-corrected chi connectivity index (χ1v) is 5.05. The third-order valence-corrected chi connectivity index (χ3v) is 2.59. The van der Waals surface area contributed by atoms with E-state index >= 15 is 0 Å². The highest BCUT2D eigenvalue weighted by Crippen LogP contribution is 2.18. The smallest absolute Gasteiger partial charge is 0.356 e. The van der Waals surface area contributed by atoms with Crippen molar-refractivity contribution in [2.24, 2.45) is 0 Å². The number of nitrogens with zero attached hydrogens (tertiary/aromatic N) is 2. The maximum Gasteiger partial charge on any atom is 0.356 e. The zero-order chi connectivity index (χ0) is 12.6. The Bertz CT molecular complexity index is 590. The molecule has 0 spiro atoms. The van der Waals surface area contributed by atoms with Crippen molar-refractivity contribution < 1.29 is 14.3 Å². The lowest BCUT2D eigenvalue weighted by Crippen LogP contribution is -2.03. The van der Waals surface area contributed by atoms with Gasteiger partial charge in [-0.2, -0.15) is 5.10 Å². The van der Waals surface area contributed by atoms with E-state index in [2.05, 4.69) is 5.10 Å². The standard InChI is InChI=1S/C12H11FN2O2/c1-7-6-15(14-11(7)12(16)17)10-5-3-4-9(13)8(10)2/h3-6H,1-2H3,(H,16,17). The molecule has 0 unspecified atom stereocenters. The summed E-state index contributed by atoms with van der Waals surface area (Å²) in [4.78, 5) is 10.9. The van der Waals surface area contributed by atoms with Gasteiger partial charge in [0.2, 0.25) is 0 Å². The normalized spacial score (nSPS) is 10.5. The van der Waals surface area contributed by atoms with Crippen molar-refractivity contribution in [1.29, 1.82) is 0 Å². The summed E-state index contributed by atoms with van der Waals surface area (Å²) >= 11 is 0. The second-order valence-electron chi connectivity index (χ2n) is 3.79. The Balaban J connectivity index is 2.58. The maximum atomic E-state index is 13.4. The van der Waals surface area contributed by atoms with Crippen molar-refractivity contribution in [3.8, 4) is 5.69 Å². The van der Waals surface area contributed by atoms with Crippen LogP contribution in [-0.4, -0.2) is 20.9 Å². The van der Waals surface area contributed by atoms with E-state index in [0.29, 0.717) is 16.8 Å². The third-order valence-electron chi connectivity index (χ3n) is 2.59.